The van der Waals surface area contributed by atoms with E-state index in [1.54, 1.807) is 9.80 Å². The molecule has 5 heteroatoms. The van der Waals surface area contributed by atoms with E-state index < -0.39 is 12.0 Å². The second kappa shape index (κ2) is 6.46. The topological polar surface area (TPSA) is 60.9 Å². The SMILES string of the molecule is CC1CCC(N(C)C(=O)N2CCCCC2C(=O)O)CC1. The number of piperidine rings is 1. The van der Waals surface area contributed by atoms with Crippen LogP contribution in [-0.2, 0) is 4.79 Å². The quantitative estimate of drug-likeness (QED) is 0.846. The molecule has 114 valence electrons. The molecule has 0 aromatic carbocycles. The smallest absolute Gasteiger partial charge is 0.326 e. The predicted molar refractivity (Wildman–Crippen MR) is 76.6 cm³/mol. The summed E-state index contributed by atoms with van der Waals surface area (Å²) in [5.41, 5.74) is 0. The number of carboxylic acids is 1. The van der Waals surface area contributed by atoms with Gasteiger partial charge in [-0.05, 0) is 50.9 Å². The number of carbonyl (C=O) groups is 2. The number of hydrogen-bond acceptors (Lipinski definition) is 2. The molecule has 2 amide bonds. The predicted octanol–water partition coefficient (Wildman–Crippen LogP) is 2.56. The molecule has 2 aliphatic rings. The minimum atomic E-state index is -0.872. The second-order valence-electron chi connectivity index (χ2n) is 6.35. The Kier molecular flexibility index (Phi) is 4.89. The third-order valence-corrected chi connectivity index (χ3v) is 4.87. The Labute approximate surface area is 120 Å². The van der Waals surface area contributed by atoms with Gasteiger partial charge in [-0.2, -0.15) is 0 Å². The van der Waals surface area contributed by atoms with Gasteiger partial charge in [0.15, 0.2) is 0 Å². The summed E-state index contributed by atoms with van der Waals surface area (Å²) in [6.45, 7) is 2.83. The summed E-state index contributed by atoms with van der Waals surface area (Å²) in [5, 5.41) is 9.27. The molecule has 1 heterocycles. The molecule has 1 N–H and O–H groups in total. The standard InChI is InChI=1S/C15H26N2O3/c1-11-6-8-12(9-7-11)16(2)15(20)17-10-4-3-5-13(17)14(18)19/h11-13H,3-10H2,1-2H3,(H,18,19). The maximum atomic E-state index is 12.6. The van der Waals surface area contributed by atoms with E-state index >= 15 is 0 Å². The van der Waals surface area contributed by atoms with Gasteiger partial charge in [-0.25, -0.2) is 9.59 Å². The molecule has 0 spiro atoms. The molecule has 2 fully saturated rings. The largest absolute Gasteiger partial charge is 0.480 e. The molecule has 1 atom stereocenters. The first kappa shape index (κ1) is 15.1. The highest BCUT2D eigenvalue weighted by molar-refractivity contribution is 5.83. The third-order valence-electron chi connectivity index (χ3n) is 4.87. The molecule has 0 aromatic rings. The van der Waals surface area contributed by atoms with Crippen LogP contribution in [0.1, 0.15) is 51.9 Å². The zero-order chi connectivity index (χ0) is 14.7. The van der Waals surface area contributed by atoms with Gasteiger partial charge < -0.3 is 14.9 Å². The number of urea groups is 1. The number of hydrogen-bond donors (Lipinski definition) is 1. The number of carbonyl (C=O) groups excluding carboxylic acids is 1. The lowest BCUT2D eigenvalue weighted by atomic mass is 9.87. The highest BCUT2D eigenvalue weighted by Gasteiger charge is 2.35. The lowest BCUT2D eigenvalue weighted by Gasteiger charge is -2.40. The van der Waals surface area contributed by atoms with Crippen molar-refractivity contribution < 1.29 is 14.7 Å². The maximum absolute atomic E-state index is 12.6. The lowest BCUT2D eigenvalue weighted by Crippen LogP contribution is -2.54. The molecule has 1 saturated heterocycles. The number of nitrogens with zero attached hydrogens (tertiary/aromatic N) is 2. The van der Waals surface area contributed by atoms with Gasteiger partial charge in [-0.3, -0.25) is 0 Å². The normalized spacial score (nSPS) is 30.9. The van der Waals surface area contributed by atoms with E-state index in [1.165, 1.54) is 0 Å². The highest BCUT2D eigenvalue weighted by Crippen LogP contribution is 2.28. The van der Waals surface area contributed by atoms with E-state index in [4.69, 9.17) is 0 Å². The first-order chi connectivity index (χ1) is 9.50. The van der Waals surface area contributed by atoms with Gasteiger partial charge >= 0.3 is 12.0 Å². The van der Waals surface area contributed by atoms with Gasteiger partial charge in [0.05, 0.1) is 0 Å². The van der Waals surface area contributed by atoms with Crippen molar-refractivity contribution in [2.24, 2.45) is 5.92 Å². The Hall–Kier alpha value is -1.26. The Bertz CT molecular complexity index is 364. The van der Waals surface area contributed by atoms with Crippen LogP contribution >= 0.6 is 0 Å². The zero-order valence-electron chi connectivity index (χ0n) is 12.5. The summed E-state index contributed by atoms with van der Waals surface area (Å²) in [7, 11) is 1.83. The average Bonchev–Trinajstić information content (AvgIpc) is 2.46. The Morgan fingerprint density at radius 1 is 1.10 bits per heavy atom. The fraction of sp³-hybridized carbons (Fsp3) is 0.867. The Morgan fingerprint density at radius 3 is 2.35 bits per heavy atom. The first-order valence-electron chi connectivity index (χ1n) is 7.77. The van der Waals surface area contributed by atoms with Crippen LogP contribution in [0.2, 0.25) is 0 Å². The van der Waals surface area contributed by atoms with Crippen LogP contribution in [0.15, 0.2) is 0 Å². The van der Waals surface area contributed by atoms with Gasteiger partial charge in [0.1, 0.15) is 6.04 Å². The van der Waals surface area contributed by atoms with Gasteiger partial charge in [0.25, 0.3) is 0 Å². The number of amides is 2. The van der Waals surface area contributed by atoms with Crippen LogP contribution in [0.5, 0.6) is 0 Å². The van der Waals surface area contributed by atoms with Crippen molar-refractivity contribution in [2.75, 3.05) is 13.6 Å². The van der Waals surface area contributed by atoms with E-state index in [-0.39, 0.29) is 12.1 Å². The Balaban J connectivity index is 1.99. The molecule has 1 aliphatic carbocycles. The molecule has 1 unspecified atom stereocenters. The molecular formula is C15H26N2O3. The summed E-state index contributed by atoms with van der Waals surface area (Å²) >= 11 is 0. The fourth-order valence-electron chi connectivity index (χ4n) is 3.41. The van der Waals surface area contributed by atoms with Crippen molar-refractivity contribution in [2.45, 2.75) is 64.0 Å². The zero-order valence-corrected chi connectivity index (χ0v) is 12.5. The van der Waals surface area contributed by atoms with Crippen molar-refractivity contribution in [1.29, 1.82) is 0 Å². The molecule has 5 nitrogen and oxygen atoms in total. The molecule has 0 aromatic heterocycles. The van der Waals surface area contributed by atoms with Crippen LogP contribution in [0, 0.1) is 5.92 Å². The summed E-state index contributed by atoms with van der Waals surface area (Å²) in [5.74, 6) is -0.125. The van der Waals surface area contributed by atoms with Gasteiger partial charge in [0.2, 0.25) is 0 Å². The summed E-state index contributed by atoms with van der Waals surface area (Å²) in [6, 6.07) is -0.465. The number of carboxylic acid groups (broad SMARTS) is 1. The van der Waals surface area contributed by atoms with E-state index in [0.717, 1.165) is 44.4 Å². The molecule has 1 aliphatic heterocycles. The van der Waals surface area contributed by atoms with E-state index in [2.05, 4.69) is 6.92 Å². The molecule has 2 rings (SSSR count). The lowest BCUT2D eigenvalue weighted by molar-refractivity contribution is -0.143. The van der Waals surface area contributed by atoms with Crippen LogP contribution < -0.4 is 0 Å². The second-order valence-corrected chi connectivity index (χ2v) is 6.35. The van der Waals surface area contributed by atoms with E-state index in [1.807, 2.05) is 7.05 Å². The van der Waals surface area contributed by atoms with E-state index in [9.17, 15) is 14.7 Å². The molecule has 0 radical (unpaired) electrons. The molecule has 1 saturated carbocycles. The molecule has 0 bridgehead atoms. The fourth-order valence-corrected chi connectivity index (χ4v) is 3.41. The summed E-state index contributed by atoms with van der Waals surface area (Å²) < 4.78 is 0. The number of rotatable bonds is 2. The first-order valence-corrected chi connectivity index (χ1v) is 7.77. The maximum Gasteiger partial charge on any atom is 0.326 e. The van der Waals surface area contributed by atoms with Gasteiger partial charge in [-0.15, -0.1) is 0 Å². The van der Waals surface area contributed by atoms with Crippen molar-refractivity contribution >= 4 is 12.0 Å². The third kappa shape index (κ3) is 3.25. The molecule has 20 heavy (non-hydrogen) atoms. The van der Waals surface area contributed by atoms with Crippen molar-refractivity contribution in [3.8, 4) is 0 Å². The number of aliphatic carboxylic acids is 1. The van der Waals surface area contributed by atoms with E-state index in [0.29, 0.717) is 13.0 Å². The van der Waals surface area contributed by atoms with Crippen molar-refractivity contribution in [1.82, 2.24) is 9.80 Å². The van der Waals surface area contributed by atoms with Crippen molar-refractivity contribution in [3.05, 3.63) is 0 Å². The van der Waals surface area contributed by atoms with Crippen LogP contribution in [0.25, 0.3) is 0 Å². The monoisotopic (exact) mass is 282 g/mol. The van der Waals surface area contributed by atoms with Crippen LogP contribution in [0.4, 0.5) is 4.79 Å². The average molecular weight is 282 g/mol. The van der Waals surface area contributed by atoms with Gasteiger partial charge in [-0.1, -0.05) is 6.92 Å². The highest BCUT2D eigenvalue weighted by atomic mass is 16.4. The minimum absolute atomic E-state index is 0.100. The van der Waals surface area contributed by atoms with Crippen LogP contribution in [-0.4, -0.2) is 52.6 Å². The summed E-state index contributed by atoms with van der Waals surface area (Å²) in [6.07, 6.45) is 6.77. The summed E-state index contributed by atoms with van der Waals surface area (Å²) in [4.78, 5) is 27.2. The molecular weight excluding hydrogens is 256 g/mol. The Morgan fingerprint density at radius 2 is 1.75 bits per heavy atom. The van der Waals surface area contributed by atoms with Gasteiger partial charge in [0, 0.05) is 19.6 Å². The minimum Gasteiger partial charge on any atom is -0.480 e. The van der Waals surface area contributed by atoms with Crippen LogP contribution in [0.3, 0.4) is 0 Å². The van der Waals surface area contributed by atoms with Crippen molar-refractivity contribution in [3.63, 3.8) is 0 Å². The number of likely N-dealkylation sites (tertiary alicyclic amines) is 1.